The van der Waals surface area contributed by atoms with Gasteiger partial charge in [0.25, 0.3) is 0 Å². The molecule has 3 nitrogen and oxygen atoms in total. The van der Waals surface area contributed by atoms with E-state index in [0.717, 1.165) is 10.4 Å². The Kier molecular flexibility index (Phi) is 3.71. The minimum atomic E-state index is -0.401. The second-order valence-electron chi connectivity index (χ2n) is 4.09. The maximum absolute atomic E-state index is 11.8. The monoisotopic (exact) mass is 301 g/mol. The second kappa shape index (κ2) is 5.64. The summed E-state index contributed by atoms with van der Waals surface area (Å²) in [6.07, 6.45) is 3.77. The fourth-order valence-corrected chi connectivity index (χ4v) is 2.83. The van der Waals surface area contributed by atoms with E-state index in [-0.39, 0.29) is 0 Å². The molecule has 0 spiro atoms. The zero-order valence-corrected chi connectivity index (χ0v) is 12.3. The van der Waals surface area contributed by atoms with Gasteiger partial charge in [0, 0.05) is 4.90 Å². The number of esters is 1. The first-order chi connectivity index (χ1) is 9.76. The topological polar surface area (TPSA) is 38.7 Å². The van der Waals surface area contributed by atoms with Crippen molar-refractivity contribution in [2.45, 2.75) is 4.90 Å². The van der Waals surface area contributed by atoms with Gasteiger partial charge in [-0.3, -0.25) is 0 Å². The highest BCUT2D eigenvalue weighted by Gasteiger charge is 2.24. The molecule has 0 aliphatic carbocycles. The van der Waals surface area contributed by atoms with Crippen LogP contribution in [0.4, 0.5) is 0 Å². The third-order valence-electron chi connectivity index (χ3n) is 2.77. The summed E-state index contributed by atoms with van der Waals surface area (Å²) in [5, 5.41) is 1.93. The molecule has 0 amide bonds. The average molecular weight is 301 g/mol. The van der Waals surface area contributed by atoms with E-state index in [9.17, 15) is 4.79 Å². The van der Waals surface area contributed by atoms with Crippen LogP contribution in [0.1, 0.15) is 10.4 Å². The Bertz CT molecular complexity index is 685. The fraction of sp³-hybridized carbons (Fsp3) is 0.0667. The van der Waals surface area contributed by atoms with E-state index in [4.69, 9.17) is 4.74 Å². The lowest BCUT2D eigenvalue weighted by molar-refractivity contribution is -0.129. The maximum atomic E-state index is 11.8. The second-order valence-corrected chi connectivity index (χ2v) is 5.91. The Morgan fingerprint density at radius 3 is 2.70 bits per heavy atom. The van der Waals surface area contributed by atoms with E-state index >= 15 is 0 Å². The highest BCUT2D eigenvalue weighted by molar-refractivity contribution is 7.98. The smallest absolute Gasteiger partial charge is 0.363 e. The molecule has 0 atom stereocenters. The number of thioether (sulfide) groups is 1. The van der Waals surface area contributed by atoms with Crippen molar-refractivity contribution in [2.24, 2.45) is 4.99 Å². The lowest BCUT2D eigenvalue weighted by atomic mass is 10.2. The van der Waals surface area contributed by atoms with E-state index in [1.807, 2.05) is 48.0 Å². The Morgan fingerprint density at radius 2 is 2.05 bits per heavy atom. The Labute approximate surface area is 125 Å². The number of cyclic esters (lactones) is 1. The molecule has 100 valence electrons. The first kappa shape index (κ1) is 13.1. The van der Waals surface area contributed by atoms with E-state index in [1.165, 1.54) is 16.2 Å². The van der Waals surface area contributed by atoms with Crippen molar-refractivity contribution in [3.05, 3.63) is 57.9 Å². The number of benzene rings is 1. The van der Waals surface area contributed by atoms with Gasteiger partial charge in [-0.2, -0.15) is 0 Å². The van der Waals surface area contributed by atoms with Crippen LogP contribution in [0.2, 0.25) is 0 Å². The molecule has 0 unspecified atom stereocenters. The number of nitrogens with zero attached hydrogens (tertiary/aromatic N) is 1. The summed E-state index contributed by atoms with van der Waals surface area (Å²) >= 11 is 3.18. The van der Waals surface area contributed by atoms with Gasteiger partial charge in [-0.15, -0.1) is 23.1 Å². The minimum absolute atomic E-state index is 0.338. The van der Waals surface area contributed by atoms with Crippen molar-refractivity contribution in [2.75, 3.05) is 6.26 Å². The van der Waals surface area contributed by atoms with Gasteiger partial charge in [0.15, 0.2) is 5.70 Å². The van der Waals surface area contributed by atoms with Crippen molar-refractivity contribution in [3.63, 3.8) is 0 Å². The van der Waals surface area contributed by atoms with E-state index in [2.05, 4.69) is 4.99 Å². The molecule has 0 fully saturated rings. The molecular formula is C15H11NO2S2. The van der Waals surface area contributed by atoms with Crippen LogP contribution in [0.5, 0.6) is 0 Å². The van der Waals surface area contributed by atoms with Crippen LogP contribution in [0.15, 0.2) is 57.4 Å². The average Bonchev–Trinajstić information content (AvgIpc) is 3.10. The SMILES string of the molecule is CSc1ccc(C=C2N=C(c3cccs3)OC2=O)cc1. The molecule has 3 rings (SSSR count). The Morgan fingerprint density at radius 1 is 1.25 bits per heavy atom. The van der Waals surface area contributed by atoms with E-state index in [0.29, 0.717) is 11.6 Å². The molecule has 1 aliphatic heterocycles. The van der Waals surface area contributed by atoms with Gasteiger partial charge in [0.1, 0.15) is 0 Å². The predicted molar refractivity (Wildman–Crippen MR) is 83.1 cm³/mol. The molecule has 20 heavy (non-hydrogen) atoms. The fourth-order valence-electron chi connectivity index (χ4n) is 1.77. The zero-order valence-electron chi connectivity index (χ0n) is 10.7. The van der Waals surface area contributed by atoms with Crippen molar-refractivity contribution in [3.8, 4) is 0 Å². The Hall–Kier alpha value is -1.85. The van der Waals surface area contributed by atoms with Crippen LogP contribution >= 0.6 is 23.1 Å². The molecular weight excluding hydrogens is 290 g/mol. The van der Waals surface area contributed by atoms with Crippen LogP contribution in [-0.2, 0) is 9.53 Å². The van der Waals surface area contributed by atoms with Crippen LogP contribution in [0, 0.1) is 0 Å². The number of carbonyl (C=O) groups excluding carboxylic acids is 1. The van der Waals surface area contributed by atoms with Crippen molar-refractivity contribution >= 4 is 41.0 Å². The van der Waals surface area contributed by atoms with Crippen LogP contribution in [0.3, 0.4) is 0 Å². The van der Waals surface area contributed by atoms with Gasteiger partial charge in [0.05, 0.1) is 4.88 Å². The number of ether oxygens (including phenoxy) is 1. The number of hydrogen-bond acceptors (Lipinski definition) is 5. The lowest BCUT2D eigenvalue weighted by Crippen LogP contribution is -2.03. The summed E-state index contributed by atoms with van der Waals surface area (Å²) in [6, 6.07) is 11.7. The molecule has 2 heterocycles. The van der Waals surface area contributed by atoms with E-state index < -0.39 is 5.97 Å². The quantitative estimate of drug-likeness (QED) is 0.491. The Balaban J connectivity index is 1.88. The molecule has 1 aromatic carbocycles. The lowest BCUT2D eigenvalue weighted by Gasteiger charge is -1.97. The van der Waals surface area contributed by atoms with Crippen molar-refractivity contribution in [1.82, 2.24) is 0 Å². The first-order valence-corrected chi connectivity index (χ1v) is 8.07. The number of hydrogen-bond donors (Lipinski definition) is 0. The van der Waals surface area contributed by atoms with E-state index in [1.54, 1.807) is 17.8 Å². The first-order valence-electron chi connectivity index (χ1n) is 5.97. The minimum Gasteiger partial charge on any atom is -0.401 e. The highest BCUT2D eigenvalue weighted by Crippen LogP contribution is 2.22. The summed E-state index contributed by atoms with van der Waals surface area (Å²) < 4.78 is 5.18. The summed E-state index contributed by atoms with van der Waals surface area (Å²) in [4.78, 5) is 18.1. The maximum Gasteiger partial charge on any atom is 0.363 e. The third kappa shape index (κ3) is 2.69. The molecule has 0 saturated carbocycles. The number of thiophene rings is 1. The molecule has 0 radical (unpaired) electrons. The van der Waals surface area contributed by atoms with Gasteiger partial charge in [-0.1, -0.05) is 18.2 Å². The van der Waals surface area contributed by atoms with Gasteiger partial charge in [-0.05, 0) is 41.5 Å². The van der Waals surface area contributed by atoms with Crippen LogP contribution < -0.4 is 0 Å². The summed E-state index contributed by atoms with van der Waals surface area (Å²) in [6.45, 7) is 0. The molecule has 2 aromatic rings. The standard InChI is InChI=1S/C15H11NO2S2/c1-19-11-6-4-10(5-7-11)9-12-15(17)18-14(16-12)13-3-2-8-20-13/h2-9H,1H3. The summed E-state index contributed by atoms with van der Waals surface area (Å²) in [5.41, 5.74) is 1.27. The predicted octanol–water partition coefficient (Wildman–Crippen LogP) is 3.81. The number of aliphatic imine (C=N–C) groups is 1. The number of carbonyl (C=O) groups is 1. The molecule has 0 bridgehead atoms. The largest absolute Gasteiger partial charge is 0.401 e. The van der Waals surface area contributed by atoms with Gasteiger partial charge in [-0.25, -0.2) is 9.79 Å². The molecule has 0 saturated heterocycles. The van der Waals surface area contributed by atoms with Gasteiger partial charge >= 0.3 is 5.97 Å². The molecule has 1 aromatic heterocycles. The van der Waals surface area contributed by atoms with Crippen molar-refractivity contribution < 1.29 is 9.53 Å². The molecule has 1 aliphatic rings. The molecule has 5 heteroatoms. The molecule has 0 N–H and O–H groups in total. The van der Waals surface area contributed by atoms with Crippen molar-refractivity contribution in [1.29, 1.82) is 0 Å². The number of rotatable bonds is 3. The zero-order chi connectivity index (χ0) is 13.9. The normalized spacial score (nSPS) is 16.4. The third-order valence-corrected chi connectivity index (χ3v) is 4.37. The van der Waals surface area contributed by atoms with Gasteiger partial charge < -0.3 is 4.74 Å². The van der Waals surface area contributed by atoms with Crippen LogP contribution in [-0.4, -0.2) is 18.1 Å². The summed E-state index contributed by atoms with van der Waals surface area (Å²) in [5.74, 6) is -0.0145. The summed E-state index contributed by atoms with van der Waals surface area (Å²) in [7, 11) is 0. The van der Waals surface area contributed by atoms with Crippen LogP contribution in [0.25, 0.3) is 6.08 Å². The van der Waals surface area contributed by atoms with Gasteiger partial charge in [0.2, 0.25) is 5.90 Å². The highest BCUT2D eigenvalue weighted by atomic mass is 32.2.